The molecule has 1 unspecified atom stereocenters. The van der Waals surface area contributed by atoms with Gasteiger partial charge in [-0.1, -0.05) is 0 Å². The van der Waals surface area contributed by atoms with Crippen LogP contribution in [0.15, 0.2) is 24.5 Å². The number of carbonyl (C=O) groups excluding carboxylic acids is 1. The first-order valence-electron chi connectivity index (χ1n) is 7.73. The summed E-state index contributed by atoms with van der Waals surface area (Å²) >= 11 is 0. The summed E-state index contributed by atoms with van der Waals surface area (Å²) in [5, 5.41) is 0. The summed E-state index contributed by atoms with van der Waals surface area (Å²) in [6.07, 6.45) is 7.12. The molecule has 1 saturated heterocycles. The van der Waals surface area contributed by atoms with Gasteiger partial charge in [-0.05, 0) is 44.2 Å². The van der Waals surface area contributed by atoms with E-state index < -0.39 is 6.04 Å². The molecule has 5 nitrogen and oxygen atoms in total. The maximum atomic E-state index is 11.7. The van der Waals surface area contributed by atoms with Crippen LogP contribution in [0.3, 0.4) is 0 Å². The summed E-state index contributed by atoms with van der Waals surface area (Å²) in [6, 6.07) is 3.73. The van der Waals surface area contributed by atoms with Crippen LogP contribution in [0, 0.1) is 5.92 Å². The molecule has 1 aromatic rings. The van der Waals surface area contributed by atoms with E-state index in [0.717, 1.165) is 26.1 Å². The Bertz CT molecular complexity index is 441. The van der Waals surface area contributed by atoms with Crippen LogP contribution in [0.2, 0.25) is 0 Å². The van der Waals surface area contributed by atoms with E-state index in [9.17, 15) is 4.79 Å². The highest BCUT2D eigenvalue weighted by Gasteiger charge is 2.21. The molecule has 2 N–H and O–H groups in total. The molecule has 1 aromatic heterocycles. The molecule has 0 radical (unpaired) electrons. The van der Waals surface area contributed by atoms with Crippen molar-refractivity contribution in [2.75, 3.05) is 31.6 Å². The van der Waals surface area contributed by atoms with Crippen molar-refractivity contribution in [3.05, 3.63) is 24.5 Å². The van der Waals surface area contributed by atoms with Crippen molar-refractivity contribution in [1.29, 1.82) is 0 Å². The zero-order valence-corrected chi connectivity index (χ0v) is 13.0. The number of aromatic nitrogens is 1. The summed E-state index contributed by atoms with van der Waals surface area (Å²) < 4.78 is 0. The third kappa shape index (κ3) is 4.43. The van der Waals surface area contributed by atoms with Crippen LogP contribution in [0.4, 0.5) is 5.69 Å². The van der Waals surface area contributed by atoms with E-state index >= 15 is 0 Å². The average molecular weight is 290 g/mol. The van der Waals surface area contributed by atoms with Gasteiger partial charge in [0.25, 0.3) is 0 Å². The molecule has 0 aromatic carbocycles. The Morgan fingerprint density at radius 3 is 2.62 bits per heavy atom. The van der Waals surface area contributed by atoms with Gasteiger partial charge in [0.2, 0.25) is 5.91 Å². The fourth-order valence-corrected chi connectivity index (χ4v) is 2.87. The van der Waals surface area contributed by atoms with Gasteiger partial charge < -0.3 is 15.5 Å². The van der Waals surface area contributed by atoms with Gasteiger partial charge in [0.15, 0.2) is 0 Å². The molecule has 1 atom stereocenters. The predicted molar refractivity (Wildman–Crippen MR) is 85.1 cm³/mol. The van der Waals surface area contributed by atoms with Crippen LogP contribution >= 0.6 is 0 Å². The number of anilines is 1. The van der Waals surface area contributed by atoms with Gasteiger partial charge in [0.1, 0.15) is 0 Å². The molecule has 1 aliphatic rings. The second kappa shape index (κ2) is 7.41. The van der Waals surface area contributed by atoms with E-state index in [1.807, 2.05) is 19.4 Å². The fraction of sp³-hybridized carbons (Fsp3) is 0.625. The monoisotopic (exact) mass is 290 g/mol. The first kappa shape index (κ1) is 15.8. The minimum Gasteiger partial charge on any atom is -0.371 e. The van der Waals surface area contributed by atoms with Crippen LogP contribution in [0.1, 0.15) is 26.2 Å². The number of pyridine rings is 1. The van der Waals surface area contributed by atoms with E-state index in [1.54, 1.807) is 11.8 Å². The molecule has 0 spiro atoms. The van der Waals surface area contributed by atoms with Gasteiger partial charge in [-0.15, -0.1) is 0 Å². The standard InChI is InChI=1S/C16H26N4O/c1-13(17)16(21)19(2)10-5-14-6-11-20(12-7-14)15-3-8-18-9-4-15/h3-4,8-9,13-14H,5-7,10-12,17H2,1-2H3. The third-order valence-electron chi connectivity index (χ3n) is 4.28. The molecule has 21 heavy (non-hydrogen) atoms. The van der Waals surface area contributed by atoms with Crippen molar-refractivity contribution in [3.8, 4) is 0 Å². The Kier molecular flexibility index (Phi) is 5.56. The maximum Gasteiger partial charge on any atom is 0.238 e. The fourth-order valence-electron chi connectivity index (χ4n) is 2.87. The lowest BCUT2D eigenvalue weighted by Gasteiger charge is -2.34. The minimum absolute atomic E-state index is 0.0317. The molecule has 0 aliphatic carbocycles. The first-order chi connectivity index (χ1) is 10.1. The van der Waals surface area contributed by atoms with Gasteiger partial charge in [-0.25, -0.2) is 0 Å². The number of hydrogen-bond donors (Lipinski definition) is 1. The number of nitrogens with zero attached hydrogens (tertiary/aromatic N) is 3. The van der Waals surface area contributed by atoms with Crippen LogP contribution in [0.25, 0.3) is 0 Å². The van der Waals surface area contributed by atoms with E-state index in [0.29, 0.717) is 5.92 Å². The van der Waals surface area contributed by atoms with Gasteiger partial charge in [-0.2, -0.15) is 0 Å². The van der Waals surface area contributed by atoms with Crippen molar-refractivity contribution in [3.63, 3.8) is 0 Å². The van der Waals surface area contributed by atoms with Crippen molar-refractivity contribution in [1.82, 2.24) is 9.88 Å². The third-order valence-corrected chi connectivity index (χ3v) is 4.28. The van der Waals surface area contributed by atoms with Gasteiger partial charge in [-0.3, -0.25) is 9.78 Å². The lowest BCUT2D eigenvalue weighted by atomic mass is 9.93. The summed E-state index contributed by atoms with van der Waals surface area (Å²) in [4.78, 5) is 20.0. The van der Waals surface area contributed by atoms with Gasteiger partial charge in [0.05, 0.1) is 6.04 Å². The summed E-state index contributed by atoms with van der Waals surface area (Å²) in [6.45, 7) is 4.71. The molecule has 1 aliphatic heterocycles. The van der Waals surface area contributed by atoms with Gasteiger partial charge >= 0.3 is 0 Å². The molecule has 2 heterocycles. The Labute approximate surface area is 127 Å². The highest BCUT2D eigenvalue weighted by atomic mass is 16.2. The number of rotatable bonds is 5. The number of likely N-dealkylation sites (N-methyl/N-ethyl adjacent to an activating group) is 1. The maximum absolute atomic E-state index is 11.7. The molecular weight excluding hydrogens is 264 g/mol. The number of hydrogen-bond acceptors (Lipinski definition) is 4. The topological polar surface area (TPSA) is 62.5 Å². The van der Waals surface area contributed by atoms with Crippen molar-refractivity contribution in [2.24, 2.45) is 11.7 Å². The smallest absolute Gasteiger partial charge is 0.238 e. The van der Waals surface area contributed by atoms with Crippen LogP contribution in [-0.4, -0.2) is 48.5 Å². The lowest BCUT2D eigenvalue weighted by Crippen LogP contribution is -2.41. The molecule has 0 saturated carbocycles. The number of piperidine rings is 1. The highest BCUT2D eigenvalue weighted by Crippen LogP contribution is 2.24. The van der Waals surface area contributed by atoms with E-state index in [2.05, 4.69) is 22.0 Å². The van der Waals surface area contributed by atoms with E-state index in [1.165, 1.54) is 18.5 Å². The summed E-state index contributed by atoms with van der Waals surface area (Å²) in [5.74, 6) is 0.732. The molecule has 5 heteroatoms. The molecule has 2 rings (SSSR count). The van der Waals surface area contributed by atoms with E-state index in [-0.39, 0.29) is 5.91 Å². The highest BCUT2D eigenvalue weighted by molar-refractivity contribution is 5.80. The number of amides is 1. The first-order valence-corrected chi connectivity index (χ1v) is 7.73. The SMILES string of the molecule is CC(N)C(=O)N(C)CCC1CCN(c2ccncc2)CC1. The molecule has 1 fully saturated rings. The summed E-state index contributed by atoms with van der Waals surface area (Å²) in [7, 11) is 1.85. The van der Waals surface area contributed by atoms with E-state index in [4.69, 9.17) is 5.73 Å². The largest absolute Gasteiger partial charge is 0.371 e. The second-order valence-corrected chi connectivity index (χ2v) is 5.97. The quantitative estimate of drug-likeness (QED) is 0.892. The number of carbonyl (C=O) groups is 1. The van der Waals surface area contributed by atoms with Crippen molar-refractivity contribution < 1.29 is 4.79 Å². The van der Waals surface area contributed by atoms with Crippen LogP contribution < -0.4 is 10.6 Å². The van der Waals surface area contributed by atoms with Crippen molar-refractivity contribution >= 4 is 11.6 Å². The predicted octanol–water partition coefficient (Wildman–Crippen LogP) is 1.49. The number of nitrogens with two attached hydrogens (primary N) is 1. The normalized spacial score (nSPS) is 17.6. The summed E-state index contributed by atoms with van der Waals surface area (Å²) in [5.41, 5.74) is 6.88. The van der Waals surface area contributed by atoms with Crippen molar-refractivity contribution in [2.45, 2.75) is 32.2 Å². The Hall–Kier alpha value is -1.62. The van der Waals surface area contributed by atoms with Crippen LogP contribution in [0.5, 0.6) is 0 Å². The second-order valence-electron chi connectivity index (χ2n) is 5.97. The zero-order chi connectivity index (χ0) is 15.2. The molecule has 0 bridgehead atoms. The Morgan fingerprint density at radius 1 is 1.43 bits per heavy atom. The lowest BCUT2D eigenvalue weighted by molar-refractivity contribution is -0.131. The minimum atomic E-state index is -0.400. The molecular formula is C16H26N4O. The molecule has 116 valence electrons. The molecule has 1 amide bonds. The Balaban J connectivity index is 1.73. The van der Waals surface area contributed by atoms with Crippen LogP contribution in [-0.2, 0) is 4.79 Å². The average Bonchev–Trinajstić information content (AvgIpc) is 2.53. The Morgan fingerprint density at radius 2 is 2.05 bits per heavy atom. The van der Waals surface area contributed by atoms with Gasteiger partial charge in [0, 0.05) is 44.8 Å². The zero-order valence-electron chi connectivity index (χ0n) is 13.0.